The number of halogens is 1. The fourth-order valence-electron chi connectivity index (χ4n) is 1.48. The van der Waals surface area contributed by atoms with Gasteiger partial charge in [-0.2, -0.15) is 0 Å². The van der Waals surface area contributed by atoms with Crippen LogP contribution in [0.3, 0.4) is 0 Å². The van der Waals surface area contributed by atoms with Crippen LogP contribution in [0.1, 0.15) is 22.3 Å². The molecule has 1 aromatic carbocycles. The highest BCUT2D eigenvalue weighted by atomic mass is 35.5. The summed E-state index contributed by atoms with van der Waals surface area (Å²) in [5.41, 5.74) is 6.52. The first kappa shape index (κ1) is 15.7. The van der Waals surface area contributed by atoms with E-state index in [1.54, 1.807) is 18.2 Å². The molecule has 0 heterocycles. The lowest BCUT2D eigenvalue weighted by Crippen LogP contribution is -2.20. The van der Waals surface area contributed by atoms with Gasteiger partial charge in [-0.05, 0) is 24.1 Å². The largest absolute Gasteiger partial charge is 0.380 e. The smallest absolute Gasteiger partial charge is 0.248 e. The molecule has 0 aliphatic rings. The molecule has 19 heavy (non-hydrogen) atoms. The molecular weight excluding hydrogens is 264 g/mol. The average molecular weight is 283 g/mol. The summed E-state index contributed by atoms with van der Waals surface area (Å²) < 4.78 is 5.36. The van der Waals surface area contributed by atoms with Crippen LogP contribution in [0.15, 0.2) is 30.9 Å². The molecular formula is C14H19ClN2O2. The van der Waals surface area contributed by atoms with Crippen LogP contribution in [0.25, 0.3) is 0 Å². The molecule has 0 unspecified atom stereocenters. The van der Waals surface area contributed by atoms with Crippen molar-refractivity contribution in [3.63, 3.8) is 0 Å². The van der Waals surface area contributed by atoms with Crippen molar-refractivity contribution in [2.24, 2.45) is 5.73 Å². The number of nitrogens with two attached hydrogens (primary N) is 1. The van der Waals surface area contributed by atoms with Crippen LogP contribution in [0.4, 0.5) is 0 Å². The summed E-state index contributed by atoms with van der Waals surface area (Å²) in [6.45, 7) is 6.33. The number of carbonyl (C=O) groups is 1. The lowest BCUT2D eigenvalue weighted by molar-refractivity contribution is 0.100. The van der Waals surface area contributed by atoms with Crippen molar-refractivity contribution in [3.8, 4) is 0 Å². The summed E-state index contributed by atoms with van der Waals surface area (Å²) in [6.07, 6.45) is 2.69. The van der Waals surface area contributed by atoms with E-state index < -0.39 is 5.91 Å². The maximum atomic E-state index is 11.0. The zero-order valence-electron chi connectivity index (χ0n) is 10.8. The van der Waals surface area contributed by atoms with Gasteiger partial charge in [0, 0.05) is 23.7 Å². The number of hydrogen-bond donors (Lipinski definition) is 2. The van der Waals surface area contributed by atoms with Crippen LogP contribution < -0.4 is 11.1 Å². The fraction of sp³-hybridized carbons (Fsp3) is 0.357. The zero-order chi connectivity index (χ0) is 14.1. The van der Waals surface area contributed by atoms with Gasteiger partial charge in [0.2, 0.25) is 5.91 Å². The van der Waals surface area contributed by atoms with E-state index in [-0.39, 0.29) is 0 Å². The van der Waals surface area contributed by atoms with Crippen molar-refractivity contribution < 1.29 is 9.53 Å². The molecule has 0 saturated heterocycles. The van der Waals surface area contributed by atoms with Gasteiger partial charge in [-0.1, -0.05) is 23.7 Å². The Morgan fingerprint density at radius 2 is 2.26 bits per heavy atom. The van der Waals surface area contributed by atoms with Crippen LogP contribution in [0, 0.1) is 0 Å². The van der Waals surface area contributed by atoms with Gasteiger partial charge >= 0.3 is 0 Å². The van der Waals surface area contributed by atoms with Gasteiger partial charge in [-0.3, -0.25) is 4.79 Å². The van der Waals surface area contributed by atoms with E-state index >= 15 is 0 Å². The molecule has 0 aliphatic heterocycles. The number of amides is 1. The lowest BCUT2D eigenvalue weighted by atomic mass is 10.1. The van der Waals surface area contributed by atoms with Gasteiger partial charge in [-0.25, -0.2) is 0 Å². The van der Waals surface area contributed by atoms with Crippen LogP contribution >= 0.6 is 11.6 Å². The molecule has 1 amide bonds. The van der Waals surface area contributed by atoms with Gasteiger partial charge in [-0.15, -0.1) is 6.58 Å². The fourth-order valence-corrected chi connectivity index (χ4v) is 1.73. The Balaban J connectivity index is 2.29. The number of hydrogen-bond acceptors (Lipinski definition) is 3. The summed E-state index contributed by atoms with van der Waals surface area (Å²) in [6, 6.07) is 5.06. The third-order valence-corrected chi connectivity index (χ3v) is 2.89. The molecule has 5 heteroatoms. The van der Waals surface area contributed by atoms with E-state index in [9.17, 15) is 4.79 Å². The maximum absolute atomic E-state index is 11.0. The van der Waals surface area contributed by atoms with Gasteiger partial charge in [0.25, 0.3) is 0 Å². The minimum atomic E-state index is -0.475. The monoisotopic (exact) mass is 282 g/mol. The second kappa shape index (κ2) is 8.69. The van der Waals surface area contributed by atoms with Crippen molar-refractivity contribution in [2.75, 3.05) is 19.8 Å². The van der Waals surface area contributed by atoms with E-state index in [2.05, 4.69) is 11.9 Å². The molecule has 104 valence electrons. The predicted octanol–water partition coefficient (Wildman–Crippen LogP) is 2.12. The predicted molar refractivity (Wildman–Crippen MR) is 77.3 cm³/mol. The molecule has 0 spiro atoms. The highest BCUT2D eigenvalue weighted by molar-refractivity contribution is 6.31. The lowest BCUT2D eigenvalue weighted by Gasteiger charge is -2.08. The molecule has 0 radical (unpaired) electrons. The molecule has 3 N–H and O–H groups in total. The third kappa shape index (κ3) is 5.87. The number of carbonyl (C=O) groups excluding carboxylic acids is 1. The van der Waals surface area contributed by atoms with Crippen LogP contribution in [0.2, 0.25) is 5.02 Å². The first-order valence-corrected chi connectivity index (χ1v) is 6.50. The average Bonchev–Trinajstić information content (AvgIpc) is 2.39. The minimum absolute atomic E-state index is 0.418. The Morgan fingerprint density at radius 1 is 1.47 bits per heavy atom. The number of ether oxygens (including phenoxy) is 1. The van der Waals surface area contributed by atoms with Crippen molar-refractivity contribution in [3.05, 3.63) is 47.0 Å². The summed E-state index contributed by atoms with van der Waals surface area (Å²) in [4.78, 5) is 11.0. The molecule has 0 atom stereocenters. The molecule has 0 fully saturated rings. The topological polar surface area (TPSA) is 64.3 Å². The SMILES string of the molecule is C=CCCOCCNCc1ccc(C(N)=O)cc1Cl. The van der Waals surface area contributed by atoms with Gasteiger partial charge < -0.3 is 15.8 Å². The Labute approximate surface area is 118 Å². The number of benzene rings is 1. The Kier molecular flexibility index (Phi) is 7.18. The Morgan fingerprint density at radius 3 is 2.89 bits per heavy atom. The second-order valence-corrected chi connectivity index (χ2v) is 4.44. The molecule has 0 aromatic heterocycles. The quantitative estimate of drug-likeness (QED) is 0.539. The van der Waals surface area contributed by atoms with Crippen molar-refractivity contribution in [1.29, 1.82) is 0 Å². The van der Waals surface area contributed by atoms with Crippen LogP contribution in [-0.4, -0.2) is 25.7 Å². The first-order valence-electron chi connectivity index (χ1n) is 6.12. The second-order valence-electron chi connectivity index (χ2n) is 4.04. The van der Waals surface area contributed by atoms with Crippen molar-refractivity contribution in [2.45, 2.75) is 13.0 Å². The third-order valence-electron chi connectivity index (χ3n) is 2.54. The summed E-state index contributed by atoms with van der Waals surface area (Å²) in [5.74, 6) is -0.475. The summed E-state index contributed by atoms with van der Waals surface area (Å²) in [5, 5.41) is 3.75. The summed E-state index contributed by atoms with van der Waals surface area (Å²) in [7, 11) is 0. The maximum Gasteiger partial charge on any atom is 0.248 e. The number of nitrogens with one attached hydrogen (secondary N) is 1. The molecule has 1 aromatic rings. The molecule has 0 bridgehead atoms. The molecule has 4 nitrogen and oxygen atoms in total. The van der Waals surface area contributed by atoms with E-state index in [4.69, 9.17) is 22.1 Å². The standard InChI is InChI=1S/C14H19ClN2O2/c1-2-3-7-19-8-6-17-10-12-5-4-11(14(16)18)9-13(12)15/h2,4-5,9,17H,1,3,6-8,10H2,(H2,16,18). The van der Waals surface area contributed by atoms with E-state index in [1.807, 2.05) is 6.08 Å². The summed E-state index contributed by atoms with van der Waals surface area (Å²) >= 11 is 6.06. The number of rotatable bonds is 9. The van der Waals surface area contributed by atoms with Gasteiger partial charge in [0.05, 0.1) is 13.2 Å². The van der Waals surface area contributed by atoms with E-state index in [0.717, 1.165) is 18.5 Å². The highest BCUT2D eigenvalue weighted by Crippen LogP contribution is 2.17. The van der Waals surface area contributed by atoms with E-state index in [0.29, 0.717) is 30.3 Å². The first-order chi connectivity index (χ1) is 9.15. The number of primary amides is 1. The van der Waals surface area contributed by atoms with Gasteiger partial charge in [0.15, 0.2) is 0 Å². The molecule has 0 aliphatic carbocycles. The Bertz CT molecular complexity index is 435. The van der Waals surface area contributed by atoms with Crippen molar-refractivity contribution in [1.82, 2.24) is 5.32 Å². The Hall–Kier alpha value is -1.36. The molecule has 1 rings (SSSR count). The van der Waals surface area contributed by atoms with Crippen LogP contribution in [0.5, 0.6) is 0 Å². The minimum Gasteiger partial charge on any atom is -0.380 e. The van der Waals surface area contributed by atoms with Crippen LogP contribution in [-0.2, 0) is 11.3 Å². The normalized spacial score (nSPS) is 10.4. The highest BCUT2D eigenvalue weighted by Gasteiger charge is 2.05. The van der Waals surface area contributed by atoms with Crippen molar-refractivity contribution >= 4 is 17.5 Å². The van der Waals surface area contributed by atoms with Gasteiger partial charge in [0.1, 0.15) is 0 Å². The molecule has 0 saturated carbocycles. The van der Waals surface area contributed by atoms with E-state index in [1.165, 1.54) is 0 Å². The zero-order valence-corrected chi connectivity index (χ0v) is 11.6.